The van der Waals surface area contributed by atoms with E-state index in [0.717, 1.165) is 48.1 Å². The lowest BCUT2D eigenvalue weighted by atomic mass is 9.74. The summed E-state index contributed by atoms with van der Waals surface area (Å²) in [6.45, 7) is 4.72. The molecule has 0 amide bonds. The lowest BCUT2D eigenvalue weighted by molar-refractivity contribution is 0.0426. The van der Waals surface area contributed by atoms with Gasteiger partial charge in [-0.25, -0.2) is 4.99 Å². The molecule has 0 bridgehead atoms. The second kappa shape index (κ2) is 8.93. The first kappa shape index (κ1) is 21.7. The van der Waals surface area contributed by atoms with Crippen LogP contribution in [0.15, 0.2) is 52.4 Å². The topological polar surface area (TPSA) is 69.2 Å². The average Bonchev–Trinajstić information content (AvgIpc) is 3.09. The molecule has 5 heteroatoms. The monoisotopic (exact) mass is 419 g/mol. The normalized spacial score (nSPS) is 25.9. The first-order valence-corrected chi connectivity index (χ1v) is 11.1. The molecular weight excluding hydrogens is 386 g/mol. The number of hydrogen-bond acceptors (Lipinski definition) is 5. The number of aliphatic imine (C=N–C) groups is 2. The third kappa shape index (κ3) is 4.17. The van der Waals surface area contributed by atoms with Crippen LogP contribution in [0.2, 0.25) is 0 Å². The molecule has 164 valence electrons. The first-order valence-electron chi connectivity index (χ1n) is 11.1. The lowest BCUT2D eigenvalue weighted by Crippen LogP contribution is -2.36. The van der Waals surface area contributed by atoms with E-state index in [1.807, 2.05) is 6.92 Å². The Morgan fingerprint density at radius 3 is 2.35 bits per heavy atom. The maximum absolute atomic E-state index is 6.28. The summed E-state index contributed by atoms with van der Waals surface area (Å²) in [4.78, 5) is 10.1. The second-order valence-electron chi connectivity index (χ2n) is 8.79. The number of nitrogens with two attached hydrogens (primary N) is 1. The molecule has 1 aliphatic heterocycles. The molecule has 1 fully saturated rings. The number of amidine groups is 1. The smallest absolute Gasteiger partial charge is 0.181 e. The zero-order chi connectivity index (χ0) is 22.0. The summed E-state index contributed by atoms with van der Waals surface area (Å²) < 4.78 is 10.9. The van der Waals surface area contributed by atoms with Gasteiger partial charge in [-0.3, -0.25) is 4.99 Å². The fraction of sp³-hybridized carbons (Fsp3) is 0.462. The number of nitrogens with zero attached hydrogens (tertiary/aromatic N) is 2. The highest BCUT2D eigenvalue weighted by Crippen LogP contribution is 2.47. The maximum atomic E-state index is 6.28. The van der Waals surface area contributed by atoms with Crippen LogP contribution in [0.3, 0.4) is 0 Å². The number of methoxy groups -OCH3 is 2. The van der Waals surface area contributed by atoms with E-state index in [0.29, 0.717) is 24.5 Å². The van der Waals surface area contributed by atoms with E-state index in [4.69, 9.17) is 25.2 Å². The van der Waals surface area contributed by atoms with E-state index in [1.54, 1.807) is 14.2 Å². The molecule has 1 unspecified atom stereocenters. The van der Waals surface area contributed by atoms with E-state index < -0.39 is 5.66 Å². The van der Waals surface area contributed by atoms with E-state index in [9.17, 15) is 0 Å². The van der Waals surface area contributed by atoms with Gasteiger partial charge in [-0.2, -0.15) is 0 Å². The summed E-state index contributed by atoms with van der Waals surface area (Å²) in [6.07, 6.45) is 4.45. The van der Waals surface area contributed by atoms with Crippen LogP contribution in [-0.2, 0) is 21.7 Å². The van der Waals surface area contributed by atoms with Gasteiger partial charge in [0.25, 0.3) is 0 Å². The molecule has 2 N–H and O–H groups in total. The van der Waals surface area contributed by atoms with Gasteiger partial charge in [0.1, 0.15) is 5.84 Å². The van der Waals surface area contributed by atoms with Crippen molar-refractivity contribution in [1.82, 2.24) is 0 Å². The van der Waals surface area contributed by atoms with Crippen molar-refractivity contribution < 1.29 is 9.47 Å². The van der Waals surface area contributed by atoms with Gasteiger partial charge in [0, 0.05) is 25.7 Å². The Labute approximate surface area is 185 Å². The molecule has 1 heterocycles. The van der Waals surface area contributed by atoms with Gasteiger partial charge in [-0.1, -0.05) is 30.3 Å². The fourth-order valence-electron chi connectivity index (χ4n) is 5.03. The first-order chi connectivity index (χ1) is 15.0. The molecule has 0 aromatic heterocycles. The summed E-state index contributed by atoms with van der Waals surface area (Å²) in [6, 6.07) is 15.1. The minimum Gasteiger partial charge on any atom is -0.382 e. The van der Waals surface area contributed by atoms with Gasteiger partial charge >= 0.3 is 0 Å². The SMILES string of the molecule is COCc1cccc(-c2ccc(C)c(C3(C4CCC(OC)CC4)N=C(C)C(N)=N3)c2)c1. The zero-order valence-corrected chi connectivity index (χ0v) is 19.0. The molecule has 1 saturated carbocycles. The van der Waals surface area contributed by atoms with Crippen LogP contribution in [-0.4, -0.2) is 31.9 Å². The van der Waals surface area contributed by atoms with Crippen LogP contribution in [0.5, 0.6) is 0 Å². The highest BCUT2D eigenvalue weighted by molar-refractivity contribution is 6.41. The van der Waals surface area contributed by atoms with Crippen molar-refractivity contribution in [3.05, 3.63) is 59.2 Å². The Hall–Kier alpha value is -2.50. The van der Waals surface area contributed by atoms with E-state index in [1.165, 1.54) is 11.1 Å². The van der Waals surface area contributed by atoms with Crippen LogP contribution in [0.4, 0.5) is 0 Å². The molecule has 0 saturated heterocycles. The molecule has 1 aliphatic carbocycles. The Morgan fingerprint density at radius 1 is 0.968 bits per heavy atom. The minimum absolute atomic E-state index is 0.309. The Balaban J connectivity index is 1.78. The molecule has 0 spiro atoms. The van der Waals surface area contributed by atoms with Crippen molar-refractivity contribution in [2.45, 2.75) is 57.9 Å². The van der Waals surface area contributed by atoms with Crippen molar-refractivity contribution in [2.75, 3.05) is 14.2 Å². The van der Waals surface area contributed by atoms with Crippen molar-refractivity contribution in [3.63, 3.8) is 0 Å². The van der Waals surface area contributed by atoms with Gasteiger partial charge in [0.2, 0.25) is 0 Å². The van der Waals surface area contributed by atoms with Crippen LogP contribution in [0.1, 0.15) is 49.3 Å². The van der Waals surface area contributed by atoms with Gasteiger partial charge in [0.05, 0.1) is 18.4 Å². The van der Waals surface area contributed by atoms with Crippen LogP contribution >= 0.6 is 0 Å². The highest BCUT2D eigenvalue weighted by Gasteiger charge is 2.46. The van der Waals surface area contributed by atoms with Gasteiger partial charge in [0.15, 0.2) is 5.66 Å². The second-order valence-corrected chi connectivity index (χ2v) is 8.79. The summed E-state index contributed by atoms with van der Waals surface area (Å²) in [5.74, 6) is 0.865. The van der Waals surface area contributed by atoms with Crippen molar-refractivity contribution in [3.8, 4) is 11.1 Å². The van der Waals surface area contributed by atoms with E-state index in [2.05, 4.69) is 49.4 Å². The molecule has 4 rings (SSSR count). The fourth-order valence-corrected chi connectivity index (χ4v) is 5.03. The van der Waals surface area contributed by atoms with Gasteiger partial charge in [-0.15, -0.1) is 0 Å². The van der Waals surface area contributed by atoms with Crippen LogP contribution in [0, 0.1) is 12.8 Å². The van der Waals surface area contributed by atoms with Crippen LogP contribution < -0.4 is 5.73 Å². The molecular formula is C26H33N3O2. The Bertz CT molecular complexity index is 985. The molecule has 5 nitrogen and oxygen atoms in total. The molecule has 1 atom stereocenters. The third-order valence-electron chi connectivity index (χ3n) is 6.78. The zero-order valence-electron chi connectivity index (χ0n) is 19.0. The largest absolute Gasteiger partial charge is 0.382 e. The number of hydrogen-bond donors (Lipinski definition) is 1. The van der Waals surface area contributed by atoms with Gasteiger partial charge in [-0.05, 0) is 73.9 Å². The maximum Gasteiger partial charge on any atom is 0.181 e. The predicted octanol–water partition coefficient (Wildman–Crippen LogP) is 5.00. The quantitative estimate of drug-likeness (QED) is 0.716. The third-order valence-corrected chi connectivity index (χ3v) is 6.78. The molecule has 31 heavy (non-hydrogen) atoms. The number of aryl methyl sites for hydroxylation is 1. The van der Waals surface area contributed by atoms with E-state index >= 15 is 0 Å². The summed E-state index contributed by atoms with van der Waals surface area (Å²) in [5, 5.41) is 0. The molecule has 2 aromatic rings. The van der Waals surface area contributed by atoms with Crippen molar-refractivity contribution in [1.29, 1.82) is 0 Å². The summed E-state index contributed by atoms with van der Waals surface area (Å²) in [7, 11) is 3.53. The Morgan fingerprint density at radius 2 is 1.71 bits per heavy atom. The molecule has 2 aliphatic rings. The van der Waals surface area contributed by atoms with Gasteiger partial charge < -0.3 is 15.2 Å². The molecule has 2 aromatic carbocycles. The van der Waals surface area contributed by atoms with E-state index in [-0.39, 0.29) is 0 Å². The molecule has 0 radical (unpaired) electrons. The van der Waals surface area contributed by atoms with Crippen LogP contribution in [0.25, 0.3) is 11.1 Å². The predicted molar refractivity (Wildman–Crippen MR) is 126 cm³/mol. The minimum atomic E-state index is -0.642. The number of ether oxygens (including phenoxy) is 2. The van der Waals surface area contributed by atoms with Crippen molar-refractivity contribution >= 4 is 11.5 Å². The Kier molecular flexibility index (Phi) is 6.26. The average molecular weight is 420 g/mol. The van der Waals surface area contributed by atoms with Crippen molar-refractivity contribution in [2.24, 2.45) is 21.6 Å². The highest BCUT2D eigenvalue weighted by atomic mass is 16.5. The standard InChI is InChI=1S/C26H33N3O2/c1-17-8-9-21(20-7-5-6-19(14-20)16-30-3)15-24(17)26(28-18(2)25(27)29-26)22-10-12-23(31-4)13-11-22/h5-9,14-15,22-23H,10-13,16H2,1-4H3,(H2,27,29). The summed E-state index contributed by atoms with van der Waals surface area (Å²) >= 11 is 0. The number of benzene rings is 2. The number of rotatable bonds is 6. The lowest BCUT2D eigenvalue weighted by Gasteiger charge is -2.38. The summed E-state index contributed by atoms with van der Waals surface area (Å²) in [5.41, 5.74) is 12.3.